The number of ether oxygens (including phenoxy) is 1. The van der Waals surface area contributed by atoms with Crippen LogP contribution in [0.2, 0.25) is 5.02 Å². The molecule has 1 atom stereocenters. The molecule has 0 fully saturated rings. The lowest BCUT2D eigenvalue weighted by Gasteiger charge is -2.12. The van der Waals surface area contributed by atoms with Gasteiger partial charge in [-0.05, 0) is 43.5 Å². The van der Waals surface area contributed by atoms with E-state index in [9.17, 15) is 0 Å². The van der Waals surface area contributed by atoms with Gasteiger partial charge in [-0.2, -0.15) is 0 Å². The maximum Gasteiger partial charge on any atom is 0.123 e. The van der Waals surface area contributed by atoms with Crippen molar-refractivity contribution < 1.29 is 4.74 Å². The lowest BCUT2D eigenvalue weighted by Crippen LogP contribution is -2.18. The SMILES string of the molecule is COc1cc(Cl)cc(CC(C)N)c1C. The van der Waals surface area contributed by atoms with Crippen molar-refractivity contribution in [2.75, 3.05) is 7.11 Å². The van der Waals surface area contributed by atoms with Gasteiger partial charge >= 0.3 is 0 Å². The van der Waals surface area contributed by atoms with E-state index in [4.69, 9.17) is 22.1 Å². The Hall–Kier alpha value is -0.730. The number of halogens is 1. The zero-order valence-electron chi connectivity index (χ0n) is 8.80. The normalized spacial score (nSPS) is 12.6. The molecule has 0 amide bonds. The van der Waals surface area contributed by atoms with Crippen LogP contribution in [0.15, 0.2) is 12.1 Å². The maximum absolute atomic E-state index is 5.96. The number of benzene rings is 1. The molecule has 0 bridgehead atoms. The predicted octanol–water partition coefficient (Wildman–Crippen LogP) is 2.55. The second kappa shape index (κ2) is 4.67. The van der Waals surface area contributed by atoms with Crippen molar-refractivity contribution in [2.24, 2.45) is 5.73 Å². The summed E-state index contributed by atoms with van der Waals surface area (Å²) in [7, 11) is 1.65. The molecular weight excluding hydrogens is 198 g/mol. The molecule has 1 aromatic rings. The van der Waals surface area contributed by atoms with E-state index in [2.05, 4.69) is 0 Å². The molecule has 0 saturated carbocycles. The van der Waals surface area contributed by atoms with E-state index in [0.717, 1.165) is 23.3 Å². The Morgan fingerprint density at radius 1 is 1.50 bits per heavy atom. The highest BCUT2D eigenvalue weighted by molar-refractivity contribution is 6.30. The van der Waals surface area contributed by atoms with Crippen LogP contribution in [0.5, 0.6) is 5.75 Å². The van der Waals surface area contributed by atoms with Crippen molar-refractivity contribution in [3.05, 3.63) is 28.3 Å². The van der Waals surface area contributed by atoms with Crippen LogP contribution < -0.4 is 10.5 Å². The summed E-state index contributed by atoms with van der Waals surface area (Å²) in [6.07, 6.45) is 0.822. The van der Waals surface area contributed by atoms with Crippen molar-refractivity contribution in [3.8, 4) is 5.75 Å². The molecule has 0 aromatic heterocycles. The monoisotopic (exact) mass is 213 g/mol. The first-order valence-electron chi connectivity index (χ1n) is 4.63. The lowest BCUT2D eigenvalue weighted by molar-refractivity contribution is 0.411. The second-order valence-electron chi connectivity index (χ2n) is 3.57. The summed E-state index contributed by atoms with van der Waals surface area (Å²) < 4.78 is 5.22. The number of rotatable bonds is 3. The van der Waals surface area contributed by atoms with Gasteiger partial charge in [-0.1, -0.05) is 11.6 Å². The Kier molecular flexibility index (Phi) is 3.78. The van der Waals surface area contributed by atoms with Crippen molar-refractivity contribution in [1.29, 1.82) is 0 Å². The lowest BCUT2D eigenvalue weighted by atomic mass is 10.0. The van der Waals surface area contributed by atoms with Crippen LogP contribution in [0, 0.1) is 6.92 Å². The second-order valence-corrected chi connectivity index (χ2v) is 4.01. The van der Waals surface area contributed by atoms with Crippen molar-refractivity contribution >= 4 is 11.6 Å². The summed E-state index contributed by atoms with van der Waals surface area (Å²) in [5.41, 5.74) is 8.03. The summed E-state index contributed by atoms with van der Waals surface area (Å²) in [5.74, 6) is 0.827. The number of hydrogen-bond acceptors (Lipinski definition) is 2. The molecule has 0 aliphatic heterocycles. The zero-order valence-corrected chi connectivity index (χ0v) is 9.56. The van der Waals surface area contributed by atoms with E-state index in [1.807, 2.05) is 26.0 Å². The molecule has 1 unspecified atom stereocenters. The maximum atomic E-state index is 5.96. The van der Waals surface area contributed by atoms with Gasteiger partial charge in [0.25, 0.3) is 0 Å². The molecule has 0 radical (unpaired) electrons. The molecule has 0 saturated heterocycles. The third-order valence-electron chi connectivity index (χ3n) is 2.19. The van der Waals surface area contributed by atoms with E-state index in [1.165, 1.54) is 0 Å². The molecule has 1 rings (SSSR count). The first-order valence-corrected chi connectivity index (χ1v) is 5.01. The van der Waals surface area contributed by atoms with Crippen molar-refractivity contribution in [3.63, 3.8) is 0 Å². The predicted molar refractivity (Wildman–Crippen MR) is 60.1 cm³/mol. The first kappa shape index (κ1) is 11.3. The molecule has 0 heterocycles. The molecule has 78 valence electrons. The molecule has 2 nitrogen and oxygen atoms in total. The first-order chi connectivity index (χ1) is 6.54. The van der Waals surface area contributed by atoms with Crippen molar-refractivity contribution in [2.45, 2.75) is 26.3 Å². The standard InChI is InChI=1S/C11H16ClNO/c1-7(13)4-9-5-10(12)6-11(14-3)8(9)2/h5-7H,4,13H2,1-3H3. The summed E-state index contributed by atoms with van der Waals surface area (Å²) in [4.78, 5) is 0. The highest BCUT2D eigenvalue weighted by Gasteiger charge is 2.08. The van der Waals surface area contributed by atoms with Gasteiger partial charge in [-0.3, -0.25) is 0 Å². The summed E-state index contributed by atoms with van der Waals surface area (Å²) in [6.45, 7) is 4.00. The van der Waals surface area contributed by atoms with E-state index < -0.39 is 0 Å². The number of nitrogens with two attached hydrogens (primary N) is 1. The molecule has 0 spiro atoms. The molecule has 0 aliphatic rings. The fourth-order valence-electron chi connectivity index (χ4n) is 1.48. The van der Waals surface area contributed by atoms with Crippen molar-refractivity contribution in [1.82, 2.24) is 0 Å². The fourth-order valence-corrected chi connectivity index (χ4v) is 1.71. The van der Waals surface area contributed by atoms with E-state index in [0.29, 0.717) is 5.02 Å². The van der Waals surface area contributed by atoms with Gasteiger partial charge < -0.3 is 10.5 Å². The smallest absolute Gasteiger partial charge is 0.123 e. The summed E-state index contributed by atoms with van der Waals surface area (Å²) in [6, 6.07) is 3.90. The van der Waals surface area contributed by atoms with Gasteiger partial charge in [0.1, 0.15) is 5.75 Å². The highest BCUT2D eigenvalue weighted by atomic mass is 35.5. The molecular formula is C11H16ClNO. The van der Waals surface area contributed by atoms with Crippen LogP contribution >= 0.6 is 11.6 Å². The van der Waals surface area contributed by atoms with Gasteiger partial charge in [-0.15, -0.1) is 0 Å². The van der Waals surface area contributed by atoms with Gasteiger partial charge in [0.05, 0.1) is 7.11 Å². The van der Waals surface area contributed by atoms with Crippen LogP contribution in [0.1, 0.15) is 18.1 Å². The average molecular weight is 214 g/mol. The molecule has 1 aromatic carbocycles. The van der Waals surface area contributed by atoms with Crippen LogP contribution in [0.3, 0.4) is 0 Å². The Morgan fingerprint density at radius 2 is 2.14 bits per heavy atom. The minimum absolute atomic E-state index is 0.136. The van der Waals surface area contributed by atoms with E-state index >= 15 is 0 Å². The average Bonchev–Trinajstić information content (AvgIpc) is 2.09. The van der Waals surface area contributed by atoms with Crippen LogP contribution in [0.25, 0.3) is 0 Å². The molecule has 3 heteroatoms. The largest absolute Gasteiger partial charge is 0.496 e. The summed E-state index contributed by atoms with van der Waals surface area (Å²) >= 11 is 5.96. The minimum atomic E-state index is 0.136. The minimum Gasteiger partial charge on any atom is -0.496 e. The zero-order chi connectivity index (χ0) is 10.7. The van der Waals surface area contributed by atoms with Gasteiger partial charge in [-0.25, -0.2) is 0 Å². The quantitative estimate of drug-likeness (QED) is 0.838. The topological polar surface area (TPSA) is 35.2 Å². The van der Waals surface area contributed by atoms with Crippen LogP contribution in [-0.2, 0) is 6.42 Å². The highest BCUT2D eigenvalue weighted by Crippen LogP contribution is 2.27. The van der Waals surface area contributed by atoms with Gasteiger partial charge in [0.15, 0.2) is 0 Å². The molecule has 14 heavy (non-hydrogen) atoms. The summed E-state index contributed by atoms with van der Waals surface area (Å²) in [5, 5.41) is 0.697. The molecule has 0 aliphatic carbocycles. The Bertz CT molecular complexity index is 323. The third-order valence-corrected chi connectivity index (χ3v) is 2.41. The van der Waals surface area contributed by atoms with Gasteiger partial charge in [0.2, 0.25) is 0 Å². The Balaban J connectivity index is 3.08. The van der Waals surface area contributed by atoms with E-state index in [1.54, 1.807) is 7.11 Å². The third kappa shape index (κ3) is 2.63. The Labute approximate surface area is 90.0 Å². The fraction of sp³-hybridized carbons (Fsp3) is 0.455. The molecule has 2 N–H and O–H groups in total. The number of hydrogen-bond donors (Lipinski definition) is 1. The van der Waals surface area contributed by atoms with Crippen LogP contribution in [0.4, 0.5) is 0 Å². The van der Waals surface area contributed by atoms with Crippen LogP contribution in [-0.4, -0.2) is 13.2 Å². The van der Waals surface area contributed by atoms with Gasteiger partial charge in [0, 0.05) is 11.1 Å². The van der Waals surface area contributed by atoms with E-state index in [-0.39, 0.29) is 6.04 Å². The number of methoxy groups -OCH3 is 1. The Morgan fingerprint density at radius 3 is 2.64 bits per heavy atom.